The number of carbonyl (C=O) groups excluding carboxylic acids is 1. The highest BCUT2D eigenvalue weighted by atomic mass is 16.1. The lowest BCUT2D eigenvalue weighted by Crippen LogP contribution is -2.25. The first kappa shape index (κ1) is 17.7. The van der Waals surface area contributed by atoms with Crippen LogP contribution in [0.25, 0.3) is 33.3 Å². The van der Waals surface area contributed by atoms with E-state index < -0.39 is 0 Å². The third kappa shape index (κ3) is 2.78. The summed E-state index contributed by atoms with van der Waals surface area (Å²) >= 11 is 0. The lowest BCUT2D eigenvalue weighted by atomic mass is 9.96. The third-order valence-electron chi connectivity index (χ3n) is 5.91. The highest BCUT2D eigenvalue weighted by molar-refractivity contribution is 6.18. The molecule has 5 heteroatoms. The van der Waals surface area contributed by atoms with E-state index in [1.54, 1.807) is 12.4 Å². The van der Waals surface area contributed by atoms with E-state index in [0.717, 1.165) is 44.6 Å². The van der Waals surface area contributed by atoms with Crippen LogP contribution < -0.4 is 5.32 Å². The van der Waals surface area contributed by atoms with Crippen molar-refractivity contribution in [3.05, 3.63) is 101 Å². The van der Waals surface area contributed by atoms with E-state index in [1.807, 2.05) is 31.3 Å². The number of nitrogens with zero attached hydrogens (tertiary/aromatic N) is 3. The quantitative estimate of drug-likeness (QED) is 0.512. The van der Waals surface area contributed by atoms with Gasteiger partial charge in [-0.25, -0.2) is 0 Å². The predicted octanol–water partition coefficient (Wildman–Crippen LogP) is 4.52. The smallest absolute Gasteiger partial charge is 0.252 e. The van der Waals surface area contributed by atoms with Gasteiger partial charge < -0.3 is 5.32 Å². The third-order valence-corrected chi connectivity index (χ3v) is 5.91. The Hall–Kier alpha value is -4.12. The Kier molecular flexibility index (Phi) is 3.83. The van der Waals surface area contributed by atoms with Crippen LogP contribution in [0.3, 0.4) is 0 Å². The van der Waals surface area contributed by atoms with Gasteiger partial charge in [-0.1, -0.05) is 30.3 Å². The summed E-state index contributed by atoms with van der Waals surface area (Å²) in [5.41, 5.74) is 7.65. The first-order valence-corrected chi connectivity index (χ1v) is 10.2. The molecule has 31 heavy (non-hydrogen) atoms. The zero-order valence-electron chi connectivity index (χ0n) is 16.9. The van der Waals surface area contributed by atoms with Crippen molar-refractivity contribution >= 4 is 39.2 Å². The van der Waals surface area contributed by atoms with Crippen molar-refractivity contribution in [2.24, 2.45) is 0 Å². The average molecular weight is 402 g/mol. The molecule has 5 nitrogen and oxygen atoms in total. The number of hydrogen-bond donors (Lipinski definition) is 1. The van der Waals surface area contributed by atoms with Gasteiger partial charge in [0.15, 0.2) is 0 Å². The minimum Gasteiger partial charge on any atom is -0.346 e. The molecule has 1 amide bonds. The minimum atomic E-state index is -0.105. The molecule has 1 N–H and O–H groups in total. The molecular weight excluding hydrogens is 384 g/mol. The molecule has 0 saturated carbocycles. The maximum absolute atomic E-state index is 12.9. The number of nitrogens with one attached hydrogen (secondary N) is 1. The minimum absolute atomic E-state index is 0.105. The van der Waals surface area contributed by atoms with E-state index in [-0.39, 0.29) is 5.91 Å². The Balaban J connectivity index is 1.33. The van der Waals surface area contributed by atoms with Crippen LogP contribution in [0.1, 0.15) is 22.5 Å². The Labute approximate surface area is 178 Å². The summed E-state index contributed by atoms with van der Waals surface area (Å²) < 4.78 is 0. The second-order valence-corrected chi connectivity index (χ2v) is 7.81. The number of fused-ring (bicyclic) bond motifs is 7. The fraction of sp³-hybridized carbons (Fsp3) is 0.0769. The van der Waals surface area contributed by atoms with Gasteiger partial charge in [0.05, 0.1) is 29.6 Å². The molecule has 148 valence electrons. The molecule has 2 aromatic heterocycles. The Bertz CT molecular complexity index is 1490. The van der Waals surface area contributed by atoms with Gasteiger partial charge in [-0.3, -0.25) is 19.7 Å². The maximum Gasteiger partial charge on any atom is 0.252 e. The lowest BCUT2D eigenvalue weighted by Gasteiger charge is -2.08. The van der Waals surface area contributed by atoms with E-state index in [9.17, 15) is 4.79 Å². The van der Waals surface area contributed by atoms with Crippen LogP contribution in [0.4, 0.5) is 0 Å². The standard InChI is InChI=1S/C26H18N4O/c1-15-12-29-16(13-28-15)14-30-26(31)22-7-6-19-18-5-4-17-20(23(18)11-24(19)22)8-9-25-21(17)3-2-10-27-25/h2-13H,14H2,1H3,(H,30,31). The van der Waals surface area contributed by atoms with Gasteiger partial charge >= 0.3 is 0 Å². The highest BCUT2D eigenvalue weighted by Gasteiger charge is 2.29. The lowest BCUT2D eigenvalue weighted by molar-refractivity contribution is -0.117. The Morgan fingerprint density at radius 2 is 1.81 bits per heavy atom. The summed E-state index contributed by atoms with van der Waals surface area (Å²) in [6.45, 7) is 2.24. The van der Waals surface area contributed by atoms with E-state index in [4.69, 9.17) is 0 Å². The molecule has 4 aromatic rings. The zero-order valence-corrected chi connectivity index (χ0v) is 16.9. The molecule has 2 aromatic carbocycles. The van der Waals surface area contributed by atoms with Gasteiger partial charge in [0.2, 0.25) is 0 Å². The van der Waals surface area contributed by atoms with E-state index in [1.165, 1.54) is 10.8 Å². The van der Waals surface area contributed by atoms with Gasteiger partial charge in [-0.05, 0) is 64.3 Å². The fourth-order valence-corrected chi connectivity index (χ4v) is 4.38. The first-order chi connectivity index (χ1) is 15.2. The number of aryl methyl sites for hydroxylation is 1. The molecule has 0 spiro atoms. The molecular formula is C26H18N4O. The van der Waals surface area contributed by atoms with Crippen molar-refractivity contribution in [1.29, 1.82) is 0 Å². The van der Waals surface area contributed by atoms with Crippen molar-refractivity contribution in [1.82, 2.24) is 20.3 Å². The van der Waals surface area contributed by atoms with Crippen molar-refractivity contribution in [2.45, 2.75) is 13.5 Å². The van der Waals surface area contributed by atoms with Crippen LogP contribution >= 0.6 is 0 Å². The second-order valence-electron chi connectivity index (χ2n) is 7.81. The van der Waals surface area contributed by atoms with E-state index in [2.05, 4.69) is 56.7 Å². The number of carbonyl (C=O) groups is 1. The fourth-order valence-electron chi connectivity index (χ4n) is 4.38. The summed E-state index contributed by atoms with van der Waals surface area (Å²) in [5, 5.41) is 6.46. The summed E-state index contributed by atoms with van der Waals surface area (Å²) in [5.74, 6) is -0.105. The summed E-state index contributed by atoms with van der Waals surface area (Å²) in [4.78, 5) is 25.9. The summed E-state index contributed by atoms with van der Waals surface area (Å²) in [6, 6.07) is 12.6. The van der Waals surface area contributed by atoms with Gasteiger partial charge in [-0.15, -0.1) is 0 Å². The van der Waals surface area contributed by atoms with Gasteiger partial charge in [-0.2, -0.15) is 0 Å². The molecule has 0 atom stereocenters. The van der Waals surface area contributed by atoms with Crippen molar-refractivity contribution in [3.8, 4) is 0 Å². The highest BCUT2D eigenvalue weighted by Crippen LogP contribution is 2.45. The van der Waals surface area contributed by atoms with E-state index in [0.29, 0.717) is 12.1 Å². The number of aromatic nitrogens is 3. The summed E-state index contributed by atoms with van der Waals surface area (Å²) in [6.07, 6.45) is 11.3. The zero-order chi connectivity index (χ0) is 20.9. The van der Waals surface area contributed by atoms with E-state index >= 15 is 0 Å². The molecule has 0 aliphatic heterocycles. The number of allylic oxidation sites excluding steroid dienone is 3. The van der Waals surface area contributed by atoms with Gasteiger partial charge in [0, 0.05) is 23.4 Å². The van der Waals surface area contributed by atoms with Crippen molar-refractivity contribution in [3.63, 3.8) is 0 Å². The number of pyridine rings is 1. The predicted molar refractivity (Wildman–Crippen MR) is 122 cm³/mol. The molecule has 6 rings (SSSR count). The Morgan fingerprint density at radius 3 is 2.68 bits per heavy atom. The molecule has 2 aliphatic rings. The monoisotopic (exact) mass is 402 g/mol. The molecule has 0 fully saturated rings. The second kappa shape index (κ2) is 6.71. The van der Waals surface area contributed by atoms with Crippen LogP contribution in [0.15, 0.2) is 78.3 Å². The molecule has 0 saturated heterocycles. The molecule has 2 aliphatic carbocycles. The number of hydrogen-bond acceptors (Lipinski definition) is 4. The molecule has 0 unspecified atom stereocenters. The summed E-state index contributed by atoms with van der Waals surface area (Å²) in [7, 11) is 0. The molecule has 2 heterocycles. The largest absolute Gasteiger partial charge is 0.346 e. The van der Waals surface area contributed by atoms with Crippen LogP contribution in [-0.4, -0.2) is 20.9 Å². The average Bonchev–Trinajstić information content (AvgIpc) is 3.38. The van der Waals surface area contributed by atoms with Crippen LogP contribution in [0.2, 0.25) is 0 Å². The van der Waals surface area contributed by atoms with Crippen molar-refractivity contribution < 1.29 is 4.79 Å². The van der Waals surface area contributed by atoms with Gasteiger partial charge in [0.25, 0.3) is 5.91 Å². The normalized spacial score (nSPS) is 14.2. The maximum atomic E-state index is 12.9. The topological polar surface area (TPSA) is 67.8 Å². The first-order valence-electron chi connectivity index (χ1n) is 10.2. The van der Waals surface area contributed by atoms with Crippen molar-refractivity contribution in [2.75, 3.05) is 0 Å². The number of rotatable bonds is 3. The number of benzene rings is 2. The van der Waals surface area contributed by atoms with Crippen LogP contribution in [0.5, 0.6) is 0 Å². The van der Waals surface area contributed by atoms with Crippen LogP contribution in [-0.2, 0) is 11.3 Å². The molecule has 0 bridgehead atoms. The SMILES string of the molecule is Cc1cnc(CNC(=O)C2=CC=C3C2=Cc2c3ccc3c2ccc2ncccc23)cn1. The molecule has 0 radical (unpaired) electrons. The Morgan fingerprint density at radius 1 is 0.903 bits per heavy atom. The van der Waals surface area contributed by atoms with Gasteiger partial charge in [0.1, 0.15) is 0 Å². The number of amides is 1. The van der Waals surface area contributed by atoms with Crippen LogP contribution in [0, 0.1) is 6.92 Å².